The van der Waals surface area contributed by atoms with Gasteiger partial charge in [-0.15, -0.1) is 12.4 Å². The van der Waals surface area contributed by atoms with Crippen LogP contribution in [0.3, 0.4) is 0 Å². The number of rotatable bonds is 3. The minimum atomic E-state index is -0.239. The second kappa shape index (κ2) is 7.88. The summed E-state index contributed by atoms with van der Waals surface area (Å²) in [6.07, 6.45) is 1.60. The highest BCUT2D eigenvalue weighted by Gasteiger charge is 2.29. The van der Waals surface area contributed by atoms with Gasteiger partial charge in [-0.25, -0.2) is 0 Å². The molecule has 1 amide bonds. The molecule has 1 aromatic carbocycles. The van der Waals surface area contributed by atoms with Gasteiger partial charge in [0.15, 0.2) is 0 Å². The molecule has 1 unspecified atom stereocenters. The van der Waals surface area contributed by atoms with Crippen LogP contribution in [0.1, 0.15) is 23.2 Å². The number of hydrogen-bond donors (Lipinski definition) is 0. The van der Waals surface area contributed by atoms with Crippen molar-refractivity contribution in [3.63, 3.8) is 0 Å². The number of esters is 1. The fourth-order valence-electron chi connectivity index (χ4n) is 2.44. The quantitative estimate of drug-likeness (QED) is 0.802. The number of methoxy groups -OCH3 is 2. The Kier molecular flexibility index (Phi) is 6.49. The molecule has 21 heavy (non-hydrogen) atoms. The van der Waals surface area contributed by atoms with Crippen molar-refractivity contribution < 1.29 is 19.1 Å². The molecule has 116 valence electrons. The normalized spacial score (nSPS) is 17.6. The van der Waals surface area contributed by atoms with Crippen LogP contribution in [0.4, 0.5) is 0 Å². The van der Waals surface area contributed by atoms with Crippen LogP contribution in [0.25, 0.3) is 0 Å². The maximum atomic E-state index is 12.4. The Morgan fingerprint density at radius 2 is 1.86 bits per heavy atom. The van der Waals surface area contributed by atoms with Gasteiger partial charge < -0.3 is 14.4 Å². The molecule has 1 saturated heterocycles. The zero-order valence-electron chi connectivity index (χ0n) is 12.2. The van der Waals surface area contributed by atoms with Crippen LogP contribution in [0.15, 0.2) is 24.3 Å². The molecule has 0 radical (unpaired) electrons. The van der Waals surface area contributed by atoms with E-state index in [1.165, 1.54) is 7.11 Å². The number of carbonyl (C=O) groups excluding carboxylic acids is 2. The Balaban J connectivity index is 0.00000220. The zero-order valence-corrected chi connectivity index (χ0v) is 13.0. The summed E-state index contributed by atoms with van der Waals surface area (Å²) in [5, 5.41) is 0. The molecule has 1 heterocycles. The highest BCUT2D eigenvalue weighted by atomic mass is 35.5. The standard InChI is InChI=1S/C15H19NO4.ClH/c1-19-13-7-5-11(6-8-13)14(17)16-9-3-4-12(10-16)15(18)20-2;/h5-8,12H,3-4,9-10H2,1-2H3;1H. The third-order valence-corrected chi connectivity index (χ3v) is 3.58. The smallest absolute Gasteiger partial charge is 0.310 e. The summed E-state index contributed by atoms with van der Waals surface area (Å²) in [6.45, 7) is 1.11. The van der Waals surface area contributed by atoms with E-state index in [0.717, 1.165) is 12.8 Å². The third-order valence-electron chi connectivity index (χ3n) is 3.58. The Morgan fingerprint density at radius 1 is 1.19 bits per heavy atom. The first-order valence-corrected chi connectivity index (χ1v) is 6.67. The van der Waals surface area contributed by atoms with E-state index in [2.05, 4.69) is 0 Å². The third kappa shape index (κ3) is 4.11. The van der Waals surface area contributed by atoms with Crippen LogP contribution in [0, 0.1) is 5.92 Å². The van der Waals surface area contributed by atoms with Gasteiger partial charge in [0, 0.05) is 18.7 Å². The summed E-state index contributed by atoms with van der Waals surface area (Å²) in [7, 11) is 2.97. The maximum Gasteiger partial charge on any atom is 0.310 e. The lowest BCUT2D eigenvalue weighted by atomic mass is 9.97. The van der Waals surface area contributed by atoms with Crippen LogP contribution in [-0.4, -0.2) is 44.1 Å². The van der Waals surface area contributed by atoms with Crippen molar-refractivity contribution in [2.24, 2.45) is 5.92 Å². The molecule has 0 saturated carbocycles. The summed E-state index contributed by atoms with van der Waals surface area (Å²) in [4.78, 5) is 25.7. The number of carbonyl (C=O) groups is 2. The first kappa shape index (κ1) is 17.3. The summed E-state index contributed by atoms with van der Waals surface area (Å²) >= 11 is 0. The lowest BCUT2D eigenvalue weighted by Gasteiger charge is -2.31. The van der Waals surface area contributed by atoms with Crippen molar-refractivity contribution in [1.29, 1.82) is 0 Å². The molecule has 1 aliphatic heterocycles. The van der Waals surface area contributed by atoms with Crippen molar-refractivity contribution in [2.75, 3.05) is 27.3 Å². The molecule has 0 bridgehead atoms. The minimum absolute atomic E-state index is 0. The van der Waals surface area contributed by atoms with E-state index in [1.807, 2.05) is 0 Å². The van der Waals surface area contributed by atoms with Crippen molar-refractivity contribution in [3.8, 4) is 5.75 Å². The van der Waals surface area contributed by atoms with Gasteiger partial charge in [0.25, 0.3) is 5.91 Å². The molecular formula is C15H20ClNO4. The maximum absolute atomic E-state index is 12.4. The van der Waals surface area contributed by atoms with Gasteiger partial charge in [0.2, 0.25) is 0 Å². The molecule has 1 atom stereocenters. The number of nitrogens with zero attached hydrogens (tertiary/aromatic N) is 1. The fraction of sp³-hybridized carbons (Fsp3) is 0.467. The van der Waals surface area contributed by atoms with Gasteiger partial charge in [-0.1, -0.05) is 0 Å². The first-order chi connectivity index (χ1) is 9.65. The predicted octanol–water partition coefficient (Wildman–Crippen LogP) is 2.14. The molecular weight excluding hydrogens is 294 g/mol. The Morgan fingerprint density at radius 3 is 2.43 bits per heavy atom. The Labute approximate surface area is 130 Å². The predicted molar refractivity (Wildman–Crippen MR) is 80.9 cm³/mol. The minimum Gasteiger partial charge on any atom is -0.497 e. The zero-order chi connectivity index (χ0) is 14.5. The Hall–Kier alpha value is -1.75. The summed E-state index contributed by atoms with van der Waals surface area (Å²) < 4.78 is 9.83. The summed E-state index contributed by atoms with van der Waals surface area (Å²) in [5.41, 5.74) is 0.608. The fourth-order valence-corrected chi connectivity index (χ4v) is 2.44. The molecule has 5 nitrogen and oxygen atoms in total. The molecule has 2 rings (SSSR count). The van der Waals surface area contributed by atoms with E-state index in [4.69, 9.17) is 9.47 Å². The average molecular weight is 314 g/mol. The number of benzene rings is 1. The van der Waals surface area contributed by atoms with Gasteiger partial charge in [-0.05, 0) is 37.1 Å². The number of hydrogen-bond acceptors (Lipinski definition) is 4. The molecule has 6 heteroatoms. The lowest BCUT2D eigenvalue weighted by Crippen LogP contribution is -2.42. The van der Waals surface area contributed by atoms with E-state index in [1.54, 1.807) is 36.3 Å². The Bertz CT molecular complexity index is 489. The molecule has 0 N–H and O–H groups in total. The molecule has 1 aliphatic rings. The van der Waals surface area contributed by atoms with Crippen molar-refractivity contribution in [1.82, 2.24) is 4.90 Å². The van der Waals surface area contributed by atoms with Gasteiger partial charge in [-0.3, -0.25) is 9.59 Å². The van der Waals surface area contributed by atoms with Crippen molar-refractivity contribution in [3.05, 3.63) is 29.8 Å². The second-order valence-electron chi connectivity index (χ2n) is 4.84. The molecule has 1 fully saturated rings. The number of likely N-dealkylation sites (tertiary alicyclic amines) is 1. The number of ether oxygens (including phenoxy) is 2. The van der Waals surface area contributed by atoms with E-state index >= 15 is 0 Å². The molecule has 0 aromatic heterocycles. The number of piperidine rings is 1. The van der Waals surface area contributed by atoms with Gasteiger partial charge >= 0.3 is 5.97 Å². The van der Waals surface area contributed by atoms with Gasteiger partial charge in [0.1, 0.15) is 5.75 Å². The SMILES string of the molecule is COC(=O)C1CCCN(C(=O)c2ccc(OC)cc2)C1.Cl. The molecule has 0 aliphatic carbocycles. The van der Waals surface area contributed by atoms with Crippen LogP contribution in [0.2, 0.25) is 0 Å². The van der Waals surface area contributed by atoms with E-state index in [-0.39, 0.29) is 30.2 Å². The topological polar surface area (TPSA) is 55.8 Å². The number of amides is 1. The van der Waals surface area contributed by atoms with E-state index < -0.39 is 0 Å². The average Bonchev–Trinajstić information content (AvgIpc) is 2.53. The highest BCUT2D eigenvalue weighted by Crippen LogP contribution is 2.20. The number of halogens is 1. The lowest BCUT2D eigenvalue weighted by molar-refractivity contribution is -0.146. The van der Waals surface area contributed by atoms with Gasteiger partial charge in [0.05, 0.1) is 20.1 Å². The largest absolute Gasteiger partial charge is 0.497 e. The van der Waals surface area contributed by atoms with Crippen molar-refractivity contribution in [2.45, 2.75) is 12.8 Å². The van der Waals surface area contributed by atoms with Crippen LogP contribution >= 0.6 is 12.4 Å². The molecule has 0 spiro atoms. The second-order valence-corrected chi connectivity index (χ2v) is 4.84. The van der Waals surface area contributed by atoms with Crippen LogP contribution < -0.4 is 4.74 Å². The highest BCUT2D eigenvalue weighted by molar-refractivity contribution is 5.94. The summed E-state index contributed by atoms with van der Waals surface area (Å²) in [5.74, 6) is 0.210. The van der Waals surface area contributed by atoms with Crippen LogP contribution in [0.5, 0.6) is 5.75 Å². The first-order valence-electron chi connectivity index (χ1n) is 6.67. The van der Waals surface area contributed by atoms with E-state index in [0.29, 0.717) is 24.4 Å². The van der Waals surface area contributed by atoms with Gasteiger partial charge in [-0.2, -0.15) is 0 Å². The molecule has 1 aromatic rings. The summed E-state index contributed by atoms with van der Waals surface area (Å²) in [6, 6.07) is 7.00. The van der Waals surface area contributed by atoms with Crippen LogP contribution in [-0.2, 0) is 9.53 Å². The van der Waals surface area contributed by atoms with E-state index in [9.17, 15) is 9.59 Å². The monoisotopic (exact) mass is 313 g/mol. The van der Waals surface area contributed by atoms with Crippen molar-refractivity contribution >= 4 is 24.3 Å².